The van der Waals surface area contributed by atoms with E-state index in [1.807, 2.05) is 6.07 Å². The summed E-state index contributed by atoms with van der Waals surface area (Å²) in [6.07, 6.45) is 2.61. The van der Waals surface area contributed by atoms with Crippen LogP contribution < -0.4 is 5.32 Å². The molecule has 0 bridgehead atoms. The second kappa shape index (κ2) is 3.16. The Hall–Kier alpha value is -0.800. The van der Waals surface area contributed by atoms with Crippen molar-refractivity contribution in [2.24, 2.45) is 0 Å². The Morgan fingerprint density at radius 1 is 1.62 bits per heavy atom. The van der Waals surface area contributed by atoms with Gasteiger partial charge in [-0.15, -0.1) is 0 Å². The zero-order chi connectivity index (χ0) is 9.31. The molecule has 72 valence electrons. The highest BCUT2D eigenvalue weighted by Gasteiger charge is 2.38. The number of hydrogen-bond acceptors (Lipinski definition) is 3. The molecule has 1 fully saturated rings. The van der Waals surface area contributed by atoms with E-state index in [1.165, 1.54) is 5.56 Å². The third-order valence-corrected chi connectivity index (χ3v) is 2.78. The predicted octanol–water partition coefficient (Wildman–Crippen LogP) is 1.12. The molecule has 3 nitrogen and oxygen atoms in total. The molecule has 0 saturated carbocycles. The first-order valence-corrected chi connectivity index (χ1v) is 4.55. The molecule has 0 unspecified atom stereocenters. The smallest absolute Gasteiger partial charge is 0.109 e. The van der Waals surface area contributed by atoms with Gasteiger partial charge in [0.25, 0.3) is 0 Å². The molecular weight excluding hydrogens is 166 g/mol. The van der Waals surface area contributed by atoms with E-state index in [1.54, 1.807) is 13.4 Å². The van der Waals surface area contributed by atoms with E-state index in [9.17, 15) is 0 Å². The highest BCUT2D eigenvalue weighted by atomic mass is 16.5. The van der Waals surface area contributed by atoms with Crippen molar-refractivity contribution in [2.75, 3.05) is 20.2 Å². The number of ether oxygens (including phenoxy) is 1. The largest absolute Gasteiger partial charge is 0.469 e. The molecule has 0 radical (unpaired) electrons. The fraction of sp³-hybridized carbons (Fsp3) is 0.600. The summed E-state index contributed by atoms with van der Waals surface area (Å²) in [6, 6.07) is 1.99. The number of aryl methyl sites for hydroxylation is 1. The van der Waals surface area contributed by atoms with E-state index in [0.717, 1.165) is 25.3 Å². The van der Waals surface area contributed by atoms with Crippen LogP contribution >= 0.6 is 0 Å². The van der Waals surface area contributed by atoms with Crippen molar-refractivity contribution in [1.82, 2.24) is 5.32 Å². The van der Waals surface area contributed by atoms with Crippen LogP contribution in [0.4, 0.5) is 0 Å². The molecular formula is C10H15NO2. The van der Waals surface area contributed by atoms with E-state index in [4.69, 9.17) is 9.15 Å². The molecule has 1 aliphatic heterocycles. The van der Waals surface area contributed by atoms with Gasteiger partial charge < -0.3 is 14.5 Å². The molecule has 0 aromatic carbocycles. The summed E-state index contributed by atoms with van der Waals surface area (Å²) in [7, 11) is 1.76. The first kappa shape index (κ1) is 8.78. The highest BCUT2D eigenvalue weighted by Crippen LogP contribution is 2.23. The highest BCUT2D eigenvalue weighted by molar-refractivity contribution is 5.18. The van der Waals surface area contributed by atoms with Crippen LogP contribution in [-0.2, 0) is 11.2 Å². The lowest BCUT2D eigenvalue weighted by Crippen LogP contribution is -2.61. The molecule has 1 aromatic heterocycles. The Balaban J connectivity index is 2.08. The molecule has 0 amide bonds. The summed E-state index contributed by atoms with van der Waals surface area (Å²) in [6.45, 7) is 3.90. The molecule has 0 aliphatic carbocycles. The average molecular weight is 181 g/mol. The molecule has 1 aromatic rings. The number of rotatable bonds is 3. The van der Waals surface area contributed by atoms with E-state index >= 15 is 0 Å². The van der Waals surface area contributed by atoms with Crippen molar-refractivity contribution >= 4 is 0 Å². The third-order valence-electron chi connectivity index (χ3n) is 2.78. The van der Waals surface area contributed by atoms with Gasteiger partial charge in [-0.2, -0.15) is 0 Å². The first-order chi connectivity index (χ1) is 6.26. The van der Waals surface area contributed by atoms with Gasteiger partial charge in [-0.05, 0) is 18.6 Å². The number of furan rings is 1. The van der Waals surface area contributed by atoms with Gasteiger partial charge in [-0.25, -0.2) is 0 Å². The Labute approximate surface area is 78.1 Å². The van der Waals surface area contributed by atoms with Crippen molar-refractivity contribution in [1.29, 1.82) is 0 Å². The number of nitrogens with one attached hydrogen (secondary N) is 1. The van der Waals surface area contributed by atoms with E-state index in [2.05, 4.69) is 12.2 Å². The maximum atomic E-state index is 5.48. The zero-order valence-corrected chi connectivity index (χ0v) is 8.09. The predicted molar refractivity (Wildman–Crippen MR) is 49.8 cm³/mol. The van der Waals surface area contributed by atoms with Gasteiger partial charge in [0, 0.05) is 26.6 Å². The second-order valence-corrected chi connectivity index (χ2v) is 3.69. The maximum absolute atomic E-state index is 5.48. The summed E-state index contributed by atoms with van der Waals surface area (Å²) in [5.41, 5.74) is 1.19. The fourth-order valence-electron chi connectivity index (χ4n) is 1.62. The van der Waals surface area contributed by atoms with E-state index < -0.39 is 0 Å². The molecule has 1 N–H and O–H groups in total. The Morgan fingerprint density at radius 3 is 2.77 bits per heavy atom. The van der Waals surface area contributed by atoms with Crippen molar-refractivity contribution in [3.05, 3.63) is 23.7 Å². The summed E-state index contributed by atoms with van der Waals surface area (Å²) >= 11 is 0. The standard InChI is InChI=1S/C10H15NO2/c1-8-3-4-13-9(8)5-10(12-2)6-11-7-10/h3-4,11H,5-7H2,1-2H3. The molecule has 3 heteroatoms. The van der Waals surface area contributed by atoms with Crippen LogP contribution in [0.1, 0.15) is 11.3 Å². The van der Waals surface area contributed by atoms with Crippen molar-refractivity contribution < 1.29 is 9.15 Å². The van der Waals surface area contributed by atoms with Gasteiger partial charge in [0.05, 0.1) is 11.9 Å². The minimum Gasteiger partial charge on any atom is -0.469 e. The van der Waals surface area contributed by atoms with Crippen LogP contribution in [0.25, 0.3) is 0 Å². The summed E-state index contributed by atoms with van der Waals surface area (Å²) < 4.78 is 10.9. The number of methoxy groups -OCH3 is 1. The summed E-state index contributed by atoms with van der Waals surface area (Å²) in [4.78, 5) is 0. The van der Waals surface area contributed by atoms with Crippen LogP contribution in [0.3, 0.4) is 0 Å². The van der Waals surface area contributed by atoms with Crippen LogP contribution in [0.5, 0.6) is 0 Å². The van der Waals surface area contributed by atoms with Gasteiger partial charge in [0.1, 0.15) is 5.76 Å². The van der Waals surface area contributed by atoms with Crippen LogP contribution in [0, 0.1) is 6.92 Å². The SMILES string of the molecule is COC1(Cc2occc2C)CNC1. The number of hydrogen-bond donors (Lipinski definition) is 1. The van der Waals surface area contributed by atoms with Gasteiger partial charge in [-0.1, -0.05) is 0 Å². The molecule has 2 rings (SSSR count). The van der Waals surface area contributed by atoms with Crippen LogP contribution in [0.2, 0.25) is 0 Å². The second-order valence-electron chi connectivity index (χ2n) is 3.69. The summed E-state index contributed by atoms with van der Waals surface area (Å²) in [5.74, 6) is 1.04. The van der Waals surface area contributed by atoms with Crippen molar-refractivity contribution in [2.45, 2.75) is 18.9 Å². The molecule has 1 saturated heterocycles. The minimum absolute atomic E-state index is 0.0252. The molecule has 0 atom stereocenters. The lowest BCUT2D eigenvalue weighted by atomic mass is 9.90. The Kier molecular flexibility index (Phi) is 2.14. The van der Waals surface area contributed by atoms with Crippen molar-refractivity contribution in [3.63, 3.8) is 0 Å². The van der Waals surface area contributed by atoms with Crippen LogP contribution in [0.15, 0.2) is 16.7 Å². The molecule has 2 heterocycles. The normalized spacial score (nSPS) is 19.8. The molecule has 0 spiro atoms. The Bertz CT molecular complexity index is 283. The molecule has 1 aliphatic rings. The Morgan fingerprint density at radius 2 is 2.38 bits per heavy atom. The van der Waals surface area contributed by atoms with E-state index in [0.29, 0.717) is 0 Å². The minimum atomic E-state index is -0.0252. The van der Waals surface area contributed by atoms with Gasteiger partial charge in [0.15, 0.2) is 0 Å². The van der Waals surface area contributed by atoms with Crippen molar-refractivity contribution in [3.8, 4) is 0 Å². The summed E-state index contributed by atoms with van der Waals surface area (Å²) in [5, 5.41) is 3.22. The quantitative estimate of drug-likeness (QED) is 0.758. The topological polar surface area (TPSA) is 34.4 Å². The van der Waals surface area contributed by atoms with Gasteiger partial charge in [0.2, 0.25) is 0 Å². The van der Waals surface area contributed by atoms with E-state index in [-0.39, 0.29) is 5.60 Å². The first-order valence-electron chi connectivity index (χ1n) is 4.55. The maximum Gasteiger partial charge on any atom is 0.109 e. The lowest BCUT2D eigenvalue weighted by Gasteiger charge is -2.40. The lowest BCUT2D eigenvalue weighted by molar-refractivity contribution is -0.0534. The molecule has 13 heavy (non-hydrogen) atoms. The fourth-order valence-corrected chi connectivity index (χ4v) is 1.62. The van der Waals surface area contributed by atoms with Crippen LogP contribution in [-0.4, -0.2) is 25.8 Å². The zero-order valence-electron chi connectivity index (χ0n) is 8.09. The average Bonchev–Trinajstić information content (AvgIpc) is 2.44. The van der Waals surface area contributed by atoms with Gasteiger partial charge in [-0.3, -0.25) is 0 Å². The third kappa shape index (κ3) is 1.49. The monoisotopic (exact) mass is 181 g/mol. The van der Waals surface area contributed by atoms with Gasteiger partial charge >= 0.3 is 0 Å².